The van der Waals surface area contributed by atoms with E-state index in [1.165, 1.54) is 0 Å². The first-order valence-corrected chi connectivity index (χ1v) is 7.73. The molecule has 0 bridgehead atoms. The number of hydrogen-bond donors (Lipinski definition) is 1. The Morgan fingerprint density at radius 1 is 1.17 bits per heavy atom. The highest BCUT2D eigenvalue weighted by atomic mass is 19.4. The topological polar surface area (TPSA) is 61.9 Å². The van der Waals surface area contributed by atoms with E-state index in [0.717, 1.165) is 6.42 Å². The van der Waals surface area contributed by atoms with Gasteiger partial charge < -0.3 is 15.0 Å². The highest BCUT2D eigenvalue weighted by Crippen LogP contribution is 2.14. The molecule has 23 heavy (non-hydrogen) atoms. The van der Waals surface area contributed by atoms with E-state index in [2.05, 4.69) is 10.1 Å². The minimum Gasteiger partial charge on any atom is -0.372 e. The predicted octanol–water partition coefficient (Wildman–Crippen LogP) is 0.626. The SMILES string of the molecule is CCCNC(=O)CN1CCN(C(=O)CCOCC(F)(F)F)CC1. The molecule has 1 saturated heterocycles. The van der Waals surface area contributed by atoms with E-state index in [9.17, 15) is 22.8 Å². The number of alkyl halides is 3. The van der Waals surface area contributed by atoms with Crippen LogP contribution >= 0.6 is 0 Å². The van der Waals surface area contributed by atoms with Gasteiger partial charge in [0.15, 0.2) is 0 Å². The van der Waals surface area contributed by atoms with Gasteiger partial charge in [-0.3, -0.25) is 14.5 Å². The lowest BCUT2D eigenvalue weighted by Crippen LogP contribution is -2.51. The first-order valence-electron chi connectivity index (χ1n) is 7.73. The van der Waals surface area contributed by atoms with E-state index in [-0.39, 0.29) is 24.8 Å². The Hall–Kier alpha value is -1.35. The van der Waals surface area contributed by atoms with E-state index in [0.29, 0.717) is 39.3 Å². The standard InChI is InChI=1S/C14H24F3N3O3/c1-2-4-18-12(21)10-19-5-7-20(8-6-19)13(22)3-9-23-11-14(15,16)17/h2-11H2,1H3,(H,18,21). The van der Waals surface area contributed by atoms with Crippen molar-refractivity contribution >= 4 is 11.8 Å². The molecule has 0 unspecified atom stereocenters. The maximum absolute atomic E-state index is 11.9. The second-order valence-electron chi connectivity index (χ2n) is 5.42. The molecule has 0 radical (unpaired) electrons. The van der Waals surface area contributed by atoms with Crippen molar-refractivity contribution in [1.82, 2.24) is 15.1 Å². The van der Waals surface area contributed by atoms with Crippen LogP contribution in [0.25, 0.3) is 0 Å². The Labute approximate surface area is 133 Å². The third-order valence-corrected chi connectivity index (χ3v) is 3.39. The Bertz CT molecular complexity index is 383. The lowest BCUT2D eigenvalue weighted by atomic mass is 10.2. The quantitative estimate of drug-likeness (QED) is 0.659. The number of halogens is 3. The number of nitrogens with one attached hydrogen (secondary N) is 1. The minimum absolute atomic E-state index is 0.0350. The second kappa shape index (κ2) is 9.71. The zero-order valence-electron chi connectivity index (χ0n) is 13.3. The molecule has 1 aliphatic rings. The Morgan fingerprint density at radius 3 is 2.39 bits per heavy atom. The summed E-state index contributed by atoms with van der Waals surface area (Å²) in [6.45, 7) is 3.45. The molecule has 1 aliphatic heterocycles. The van der Waals surface area contributed by atoms with Crippen LogP contribution in [0.2, 0.25) is 0 Å². The molecule has 0 saturated carbocycles. The molecule has 0 aromatic carbocycles. The van der Waals surface area contributed by atoms with E-state index in [1.807, 2.05) is 11.8 Å². The molecule has 9 heteroatoms. The van der Waals surface area contributed by atoms with Crippen LogP contribution in [0.3, 0.4) is 0 Å². The average molecular weight is 339 g/mol. The molecule has 1 fully saturated rings. The summed E-state index contributed by atoms with van der Waals surface area (Å²) in [4.78, 5) is 27.0. The van der Waals surface area contributed by atoms with Gasteiger partial charge in [-0.2, -0.15) is 13.2 Å². The van der Waals surface area contributed by atoms with Crippen LogP contribution in [0.5, 0.6) is 0 Å². The number of ether oxygens (including phenoxy) is 1. The highest BCUT2D eigenvalue weighted by Gasteiger charge is 2.28. The van der Waals surface area contributed by atoms with E-state index >= 15 is 0 Å². The molecule has 0 aromatic heterocycles. The number of amides is 2. The van der Waals surface area contributed by atoms with Gasteiger partial charge in [0.2, 0.25) is 11.8 Å². The summed E-state index contributed by atoms with van der Waals surface area (Å²) in [6, 6.07) is 0. The number of carbonyl (C=O) groups excluding carboxylic acids is 2. The fourth-order valence-corrected chi connectivity index (χ4v) is 2.18. The first kappa shape index (κ1) is 19.7. The first-order chi connectivity index (χ1) is 10.8. The Morgan fingerprint density at radius 2 is 1.83 bits per heavy atom. The van der Waals surface area contributed by atoms with Crippen molar-refractivity contribution in [2.24, 2.45) is 0 Å². The average Bonchev–Trinajstić information content (AvgIpc) is 2.49. The summed E-state index contributed by atoms with van der Waals surface area (Å²) in [5, 5.41) is 2.79. The van der Waals surface area contributed by atoms with Crippen LogP contribution in [-0.4, -0.2) is 80.3 Å². The molecule has 0 aromatic rings. The van der Waals surface area contributed by atoms with Crippen molar-refractivity contribution in [2.75, 3.05) is 52.5 Å². The molecule has 2 amide bonds. The van der Waals surface area contributed by atoms with Crippen LogP contribution < -0.4 is 5.32 Å². The second-order valence-corrected chi connectivity index (χ2v) is 5.42. The summed E-state index contributed by atoms with van der Waals surface area (Å²) >= 11 is 0. The summed E-state index contributed by atoms with van der Waals surface area (Å²) in [5.74, 6) is -0.255. The third-order valence-electron chi connectivity index (χ3n) is 3.39. The Balaban J connectivity index is 2.17. The fraction of sp³-hybridized carbons (Fsp3) is 0.857. The lowest BCUT2D eigenvalue weighted by Gasteiger charge is -2.34. The van der Waals surface area contributed by atoms with Gasteiger partial charge in [0.25, 0.3) is 0 Å². The molecule has 1 heterocycles. The third kappa shape index (κ3) is 8.75. The fourth-order valence-electron chi connectivity index (χ4n) is 2.18. The zero-order valence-corrected chi connectivity index (χ0v) is 13.3. The Kier molecular flexibility index (Phi) is 8.32. The predicted molar refractivity (Wildman–Crippen MR) is 77.8 cm³/mol. The maximum atomic E-state index is 11.9. The summed E-state index contributed by atoms with van der Waals surface area (Å²) in [5.41, 5.74) is 0. The van der Waals surface area contributed by atoms with Crippen molar-refractivity contribution < 1.29 is 27.5 Å². The van der Waals surface area contributed by atoms with Gasteiger partial charge in [0.1, 0.15) is 6.61 Å². The molecule has 0 atom stereocenters. The van der Waals surface area contributed by atoms with Crippen LogP contribution in [-0.2, 0) is 14.3 Å². The van der Waals surface area contributed by atoms with Crippen LogP contribution in [0.4, 0.5) is 13.2 Å². The van der Waals surface area contributed by atoms with Gasteiger partial charge in [0, 0.05) is 32.7 Å². The van der Waals surface area contributed by atoms with Gasteiger partial charge in [-0.15, -0.1) is 0 Å². The molecular weight excluding hydrogens is 315 g/mol. The largest absolute Gasteiger partial charge is 0.411 e. The van der Waals surface area contributed by atoms with Crippen LogP contribution in [0.15, 0.2) is 0 Å². The number of piperazine rings is 1. The van der Waals surface area contributed by atoms with Crippen molar-refractivity contribution in [3.63, 3.8) is 0 Å². The summed E-state index contributed by atoms with van der Waals surface area (Å²) in [7, 11) is 0. The zero-order chi connectivity index (χ0) is 17.3. The molecule has 0 spiro atoms. The molecule has 1 rings (SSSR count). The van der Waals surface area contributed by atoms with Crippen molar-refractivity contribution in [2.45, 2.75) is 25.9 Å². The van der Waals surface area contributed by atoms with Crippen molar-refractivity contribution in [3.8, 4) is 0 Å². The van der Waals surface area contributed by atoms with E-state index < -0.39 is 12.8 Å². The molecule has 6 nitrogen and oxygen atoms in total. The van der Waals surface area contributed by atoms with Crippen LogP contribution in [0.1, 0.15) is 19.8 Å². The normalized spacial score (nSPS) is 16.4. The lowest BCUT2D eigenvalue weighted by molar-refractivity contribution is -0.175. The van der Waals surface area contributed by atoms with Gasteiger partial charge >= 0.3 is 6.18 Å². The monoisotopic (exact) mass is 339 g/mol. The van der Waals surface area contributed by atoms with Crippen LogP contribution in [0, 0.1) is 0 Å². The van der Waals surface area contributed by atoms with Gasteiger partial charge in [-0.25, -0.2) is 0 Å². The van der Waals surface area contributed by atoms with Gasteiger partial charge in [-0.05, 0) is 6.42 Å². The van der Waals surface area contributed by atoms with E-state index in [1.54, 1.807) is 4.90 Å². The number of hydrogen-bond acceptors (Lipinski definition) is 4. The van der Waals surface area contributed by atoms with Gasteiger partial charge in [0.05, 0.1) is 19.6 Å². The number of nitrogens with zero attached hydrogens (tertiary/aromatic N) is 2. The van der Waals surface area contributed by atoms with Crippen molar-refractivity contribution in [1.29, 1.82) is 0 Å². The molecule has 1 N–H and O–H groups in total. The minimum atomic E-state index is -4.37. The molecule has 0 aliphatic carbocycles. The van der Waals surface area contributed by atoms with Crippen molar-refractivity contribution in [3.05, 3.63) is 0 Å². The molecule has 134 valence electrons. The highest BCUT2D eigenvalue weighted by molar-refractivity contribution is 5.78. The van der Waals surface area contributed by atoms with E-state index in [4.69, 9.17) is 0 Å². The smallest absolute Gasteiger partial charge is 0.372 e. The molecular formula is C14H24F3N3O3. The number of rotatable bonds is 8. The van der Waals surface area contributed by atoms with Gasteiger partial charge in [-0.1, -0.05) is 6.92 Å². The summed E-state index contributed by atoms with van der Waals surface area (Å²) in [6.07, 6.45) is -3.55. The maximum Gasteiger partial charge on any atom is 0.411 e. The summed E-state index contributed by atoms with van der Waals surface area (Å²) < 4.78 is 40.1. The number of carbonyl (C=O) groups is 2.